The van der Waals surface area contributed by atoms with Crippen molar-refractivity contribution in [2.45, 2.75) is 39.7 Å². The summed E-state index contributed by atoms with van der Waals surface area (Å²) in [6.45, 7) is 8.23. The highest BCUT2D eigenvalue weighted by Gasteiger charge is 2.12. The van der Waals surface area contributed by atoms with Gasteiger partial charge in [0.2, 0.25) is 0 Å². The Morgan fingerprint density at radius 2 is 1.66 bits per heavy atom. The molecule has 1 heterocycles. The largest absolute Gasteiger partial charge is 0.489 e. The van der Waals surface area contributed by atoms with Crippen LogP contribution < -0.4 is 15.4 Å². The fourth-order valence-electron chi connectivity index (χ4n) is 2.87. The molecule has 2 N–H and O–H groups in total. The molecule has 0 bridgehead atoms. The summed E-state index contributed by atoms with van der Waals surface area (Å²) in [5.41, 5.74) is 4.08. The van der Waals surface area contributed by atoms with Crippen LogP contribution in [0.15, 0.2) is 67.0 Å². The Kier molecular flexibility index (Phi) is 6.50. The van der Waals surface area contributed by atoms with Gasteiger partial charge in [0.1, 0.15) is 5.75 Å². The third-order valence-corrected chi connectivity index (χ3v) is 4.36. The van der Waals surface area contributed by atoms with E-state index in [2.05, 4.69) is 41.6 Å². The van der Waals surface area contributed by atoms with Crippen LogP contribution in [-0.2, 0) is 0 Å². The second kappa shape index (κ2) is 9.24. The molecule has 0 aliphatic heterocycles. The van der Waals surface area contributed by atoms with Crippen LogP contribution in [-0.4, -0.2) is 17.0 Å². The molecule has 150 valence electrons. The maximum Gasteiger partial charge on any atom is 0.257 e. The summed E-state index contributed by atoms with van der Waals surface area (Å²) in [6, 6.07) is 17.4. The minimum atomic E-state index is -0.240. The number of ether oxygens (including phenoxy) is 1. The van der Waals surface area contributed by atoms with E-state index >= 15 is 0 Å². The number of carbonyl (C=O) groups is 1. The maximum absolute atomic E-state index is 12.7. The van der Waals surface area contributed by atoms with Crippen LogP contribution in [0, 0.1) is 0 Å². The Labute approximate surface area is 172 Å². The van der Waals surface area contributed by atoms with E-state index < -0.39 is 0 Å². The molecule has 0 saturated heterocycles. The van der Waals surface area contributed by atoms with Gasteiger partial charge >= 0.3 is 0 Å². The lowest BCUT2D eigenvalue weighted by Crippen LogP contribution is -2.15. The molecule has 0 radical (unpaired) electrons. The van der Waals surface area contributed by atoms with E-state index in [4.69, 9.17) is 4.74 Å². The van der Waals surface area contributed by atoms with Crippen molar-refractivity contribution in [2.24, 2.45) is 0 Å². The van der Waals surface area contributed by atoms with E-state index in [-0.39, 0.29) is 12.0 Å². The summed E-state index contributed by atoms with van der Waals surface area (Å²) in [7, 11) is 0. The van der Waals surface area contributed by atoms with Crippen LogP contribution in [0.2, 0.25) is 0 Å². The second-order valence-corrected chi connectivity index (χ2v) is 7.48. The molecule has 1 amide bonds. The minimum absolute atomic E-state index is 0.0179. The summed E-state index contributed by atoms with van der Waals surface area (Å²) in [6.07, 6.45) is 3.27. The quantitative estimate of drug-likeness (QED) is 0.521. The average molecular weight is 389 g/mol. The van der Waals surface area contributed by atoms with Gasteiger partial charge in [0.15, 0.2) is 0 Å². The van der Waals surface area contributed by atoms with Crippen molar-refractivity contribution in [1.82, 2.24) is 4.98 Å². The van der Waals surface area contributed by atoms with Crippen molar-refractivity contribution in [2.75, 3.05) is 10.6 Å². The molecule has 3 rings (SSSR count). The van der Waals surface area contributed by atoms with Crippen LogP contribution in [0.3, 0.4) is 0 Å². The zero-order valence-electron chi connectivity index (χ0n) is 17.3. The minimum Gasteiger partial charge on any atom is -0.489 e. The zero-order chi connectivity index (χ0) is 20.8. The molecule has 5 heteroatoms. The number of amides is 1. The Morgan fingerprint density at radius 1 is 0.931 bits per heavy atom. The van der Waals surface area contributed by atoms with Gasteiger partial charge in [-0.05, 0) is 55.7 Å². The van der Waals surface area contributed by atoms with E-state index in [0.717, 1.165) is 11.4 Å². The standard InChI is InChI=1S/C24H27N3O2/c1-16(2)18-9-11-20(12-10-18)26-21-13-19(14-25-15-21)24(28)27-22-7-5-6-8-23(22)29-17(3)4/h5-17,26H,1-4H3,(H,27,28). The number of nitrogens with zero attached hydrogens (tertiary/aromatic N) is 1. The topological polar surface area (TPSA) is 63.2 Å². The fraction of sp³-hybridized carbons (Fsp3) is 0.250. The molecule has 2 aromatic carbocycles. The van der Waals surface area contributed by atoms with E-state index in [1.54, 1.807) is 18.5 Å². The maximum atomic E-state index is 12.7. The van der Waals surface area contributed by atoms with E-state index in [1.807, 2.05) is 50.2 Å². The highest BCUT2D eigenvalue weighted by Crippen LogP contribution is 2.26. The molecule has 0 aliphatic carbocycles. The highest BCUT2D eigenvalue weighted by molar-refractivity contribution is 6.05. The molecule has 0 atom stereocenters. The van der Waals surface area contributed by atoms with Crippen LogP contribution in [0.25, 0.3) is 0 Å². The van der Waals surface area contributed by atoms with Crippen molar-refractivity contribution in [3.63, 3.8) is 0 Å². The molecular weight excluding hydrogens is 362 g/mol. The fourth-order valence-corrected chi connectivity index (χ4v) is 2.87. The van der Waals surface area contributed by atoms with Gasteiger partial charge in [-0.1, -0.05) is 38.1 Å². The number of carbonyl (C=O) groups excluding carboxylic acids is 1. The summed E-state index contributed by atoms with van der Waals surface area (Å²) >= 11 is 0. The molecule has 29 heavy (non-hydrogen) atoms. The van der Waals surface area contributed by atoms with Gasteiger partial charge in [-0.3, -0.25) is 9.78 Å². The van der Waals surface area contributed by atoms with Crippen molar-refractivity contribution in [1.29, 1.82) is 0 Å². The number of pyridine rings is 1. The third-order valence-electron chi connectivity index (χ3n) is 4.36. The molecule has 3 aromatic rings. The van der Waals surface area contributed by atoms with E-state index in [9.17, 15) is 4.79 Å². The first kappa shape index (κ1) is 20.4. The molecule has 0 fully saturated rings. The van der Waals surface area contributed by atoms with Crippen LogP contribution >= 0.6 is 0 Å². The zero-order valence-corrected chi connectivity index (χ0v) is 17.3. The van der Waals surface area contributed by atoms with Gasteiger partial charge < -0.3 is 15.4 Å². The number of rotatable bonds is 7. The first-order chi connectivity index (χ1) is 13.9. The average Bonchev–Trinajstić information content (AvgIpc) is 2.69. The highest BCUT2D eigenvalue weighted by atomic mass is 16.5. The van der Waals surface area contributed by atoms with Gasteiger partial charge in [0.05, 0.1) is 29.2 Å². The molecule has 0 spiro atoms. The Balaban J connectivity index is 1.73. The summed E-state index contributed by atoms with van der Waals surface area (Å²) in [5.74, 6) is 0.889. The normalized spacial score (nSPS) is 10.8. The van der Waals surface area contributed by atoms with Gasteiger partial charge in [-0.2, -0.15) is 0 Å². The lowest BCUT2D eigenvalue weighted by atomic mass is 10.0. The lowest BCUT2D eigenvalue weighted by Gasteiger charge is -2.15. The van der Waals surface area contributed by atoms with Crippen LogP contribution in [0.5, 0.6) is 5.75 Å². The molecular formula is C24H27N3O2. The summed E-state index contributed by atoms with van der Waals surface area (Å²) in [4.78, 5) is 16.9. The van der Waals surface area contributed by atoms with Crippen molar-refractivity contribution >= 4 is 23.0 Å². The first-order valence-corrected chi connectivity index (χ1v) is 9.81. The number of hydrogen-bond acceptors (Lipinski definition) is 4. The summed E-state index contributed by atoms with van der Waals surface area (Å²) < 4.78 is 5.77. The number of aromatic nitrogens is 1. The predicted octanol–water partition coefficient (Wildman–Crippen LogP) is 5.99. The molecule has 1 aromatic heterocycles. The number of benzene rings is 2. The third kappa shape index (κ3) is 5.57. The number of hydrogen-bond donors (Lipinski definition) is 2. The SMILES string of the molecule is CC(C)Oc1ccccc1NC(=O)c1cncc(Nc2ccc(C(C)C)cc2)c1. The second-order valence-electron chi connectivity index (χ2n) is 7.48. The van der Waals surface area contributed by atoms with E-state index in [1.165, 1.54) is 5.56 Å². The predicted molar refractivity (Wildman–Crippen MR) is 118 cm³/mol. The van der Waals surface area contributed by atoms with Gasteiger partial charge in [-0.25, -0.2) is 0 Å². The van der Waals surface area contributed by atoms with Crippen LogP contribution in [0.1, 0.15) is 49.5 Å². The molecule has 5 nitrogen and oxygen atoms in total. The molecule has 0 saturated carbocycles. The Hall–Kier alpha value is -3.34. The van der Waals surface area contributed by atoms with Gasteiger partial charge in [-0.15, -0.1) is 0 Å². The molecule has 0 aliphatic rings. The first-order valence-electron chi connectivity index (χ1n) is 9.81. The van der Waals surface area contributed by atoms with E-state index in [0.29, 0.717) is 22.9 Å². The molecule has 0 unspecified atom stereocenters. The summed E-state index contributed by atoms with van der Waals surface area (Å²) in [5, 5.41) is 6.21. The van der Waals surface area contributed by atoms with Crippen molar-refractivity contribution in [3.8, 4) is 5.75 Å². The van der Waals surface area contributed by atoms with Crippen molar-refractivity contribution in [3.05, 3.63) is 78.1 Å². The number of anilines is 3. The Bertz CT molecular complexity index is 966. The van der Waals surface area contributed by atoms with Gasteiger partial charge in [0, 0.05) is 11.9 Å². The smallest absolute Gasteiger partial charge is 0.257 e. The van der Waals surface area contributed by atoms with Gasteiger partial charge in [0.25, 0.3) is 5.91 Å². The van der Waals surface area contributed by atoms with Crippen LogP contribution in [0.4, 0.5) is 17.1 Å². The number of para-hydroxylation sites is 2. The monoisotopic (exact) mass is 389 g/mol. The lowest BCUT2D eigenvalue weighted by molar-refractivity contribution is 0.102. The Morgan fingerprint density at radius 3 is 2.34 bits per heavy atom. The number of nitrogens with one attached hydrogen (secondary N) is 2. The van der Waals surface area contributed by atoms with Crippen molar-refractivity contribution < 1.29 is 9.53 Å².